The standard InChI is InChI=1S/C22H36N2O2/c1-2-3-4-5-6-7-8-9-10-11-16-24-21(18-26-22(24)25)17-19-12-14-20(23)15-13-19/h12-15,21H,2-11,16-18,23H2,1H3. The smallest absolute Gasteiger partial charge is 0.410 e. The largest absolute Gasteiger partial charge is 0.447 e. The van der Waals surface area contributed by atoms with E-state index in [1.165, 1.54) is 63.4 Å². The third kappa shape index (κ3) is 7.27. The molecule has 146 valence electrons. The number of unbranched alkanes of at least 4 members (excludes halogenated alkanes) is 9. The number of nitrogens with zero attached hydrogens (tertiary/aromatic N) is 1. The van der Waals surface area contributed by atoms with E-state index in [-0.39, 0.29) is 12.1 Å². The molecule has 1 heterocycles. The van der Waals surface area contributed by atoms with Crippen LogP contribution in [0.3, 0.4) is 0 Å². The molecule has 4 heteroatoms. The van der Waals surface area contributed by atoms with Gasteiger partial charge < -0.3 is 15.4 Å². The first-order chi connectivity index (χ1) is 12.7. The number of carbonyl (C=O) groups is 1. The number of nitrogens with two attached hydrogens (primary N) is 1. The van der Waals surface area contributed by atoms with E-state index in [1.807, 2.05) is 29.2 Å². The fourth-order valence-electron chi connectivity index (χ4n) is 3.63. The number of amides is 1. The number of benzene rings is 1. The van der Waals surface area contributed by atoms with E-state index in [1.54, 1.807) is 0 Å². The maximum Gasteiger partial charge on any atom is 0.410 e. The first-order valence-electron chi connectivity index (χ1n) is 10.5. The van der Waals surface area contributed by atoms with Crippen molar-refractivity contribution >= 4 is 11.8 Å². The average molecular weight is 361 g/mol. The predicted molar refractivity (Wildman–Crippen MR) is 108 cm³/mol. The maximum absolute atomic E-state index is 12.0. The Morgan fingerprint density at radius 1 is 0.962 bits per heavy atom. The molecule has 1 saturated heterocycles. The molecular weight excluding hydrogens is 324 g/mol. The number of ether oxygens (including phenoxy) is 1. The predicted octanol–water partition coefficient (Wildman–Crippen LogP) is 5.55. The molecule has 26 heavy (non-hydrogen) atoms. The van der Waals surface area contributed by atoms with E-state index >= 15 is 0 Å². The second kappa shape index (κ2) is 11.8. The fourth-order valence-corrected chi connectivity index (χ4v) is 3.63. The van der Waals surface area contributed by atoms with Gasteiger partial charge in [-0.3, -0.25) is 0 Å². The van der Waals surface area contributed by atoms with Gasteiger partial charge in [-0.2, -0.15) is 0 Å². The van der Waals surface area contributed by atoms with Gasteiger partial charge in [-0.15, -0.1) is 0 Å². The Labute approximate surface area is 159 Å². The second-order valence-electron chi connectivity index (χ2n) is 7.55. The number of anilines is 1. The lowest BCUT2D eigenvalue weighted by molar-refractivity contribution is 0.157. The second-order valence-corrected chi connectivity index (χ2v) is 7.55. The van der Waals surface area contributed by atoms with E-state index < -0.39 is 0 Å². The summed E-state index contributed by atoms with van der Waals surface area (Å²) in [5.41, 5.74) is 7.72. The quantitative estimate of drug-likeness (QED) is 0.370. The minimum absolute atomic E-state index is 0.152. The maximum atomic E-state index is 12.0. The van der Waals surface area contributed by atoms with Gasteiger partial charge in [0.25, 0.3) is 0 Å². The first-order valence-corrected chi connectivity index (χ1v) is 10.5. The highest BCUT2D eigenvalue weighted by molar-refractivity contribution is 5.70. The summed E-state index contributed by atoms with van der Waals surface area (Å²) in [4.78, 5) is 13.9. The first kappa shape index (κ1) is 20.6. The van der Waals surface area contributed by atoms with Gasteiger partial charge in [0.1, 0.15) is 6.61 Å². The van der Waals surface area contributed by atoms with Crippen LogP contribution in [0.5, 0.6) is 0 Å². The van der Waals surface area contributed by atoms with E-state index in [0.717, 1.165) is 25.1 Å². The van der Waals surface area contributed by atoms with Crippen LogP contribution in [0, 0.1) is 0 Å². The van der Waals surface area contributed by atoms with E-state index in [4.69, 9.17) is 10.5 Å². The molecule has 1 aliphatic heterocycles. The van der Waals surface area contributed by atoms with Crippen molar-refractivity contribution in [2.24, 2.45) is 0 Å². The van der Waals surface area contributed by atoms with Crippen LogP contribution in [0.25, 0.3) is 0 Å². The van der Waals surface area contributed by atoms with Crippen LogP contribution in [0.15, 0.2) is 24.3 Å². The number of rotatable bonds is 13. The summed E-state index contributed by atoms with van der Waals surface area (Å²) in [5.74, 6) is 0. The van der Waals surface area contributed by atoms with Crippen molar-refractivity contribution in [2.75, 3.05) is 18.9 Å². The minimum atomic E-state index is -0.152. The Kier molecular flexibility index (Phi) is 9.36. The molecule has 1 fully saturated rings. The van der Waals surface area contributed by atoms with Crippen molar-refractivity contribution in [1.29, 1.82) is 0 Å². The molecule has 2 N–H and O–H groups in total. The van der Waals surface area contributed by atoms with Gasteiger partial charge >= 0.3 is 6.09 Å². The Morgan fingerprint density at radius 2 is 1.54 bits per heavy atom. The van der Waals surface area contributed by atoms with Gasteiger partial charge in [0.2, 0.25) is 0 Å². The molecule has 0 bridgehead atoms. The molecule has 1 aromatic carbocycles. The van der Waals surface area contributed by atoms with E-state index in [9.17, 15) is 4.79 Å². The van der Waals surface area contributed by atoms with Crippen molar-refractivity contribution in [3.63, 3.8) is 0 Å². The van der Waals surface area contributed by atoms with E-state index in [0.29, 0.717) is 6.61 Å². The summed E-state index contributed by atoms with van der Waals surface area (Å²) < 4.78 is 5.28. The summed E-state index contributed by atoms with van der Waals surface area (Å²) in [7, 11) is 0. The summed E-state index contributed by atoms with van der Waals surface area (Å²) in [6.45, 7) is 3.58. The molecule has 0 aromatic heterocycles. The normalized spacial score (nSPS) is 16.9. The molecule has 0 saturated carbocycles. The van der Waals surface area contributed by atoms with Gasteiger partial charge in [-0.1, -0.05) is 76.8 Å². The Hall–Kier alpha value is -1.71. The molecular formula is C22H36N2O2. The zero-order valence-electron chi connectivity index (χ0n) is 16.4. The zero-order chi connectivity index (χ0) is 18.6. The summed E-state index contributed by atoms with van der Waals surface area (Å²) >= 11 is 0. The molecule has 1 unspecified atom stereocenters. The van der Waals surface area contributed by atoms with Crippen molar-refractivity contribution in [2.45, 2.75) is 83.6 Å². The van der Waals surface area contributed by atoms with Crippen LogP contribution >= 0.6 is 0 Å². The van der Waals surface area contributed by atoms with Crippen molar-refractivity contribution in [1.82, 2.24) is 4.90 Å². The number of nitrogen functional groups attached to an aromatic ring is 1. The van der Waals surface area contributed by atoms with Crippen LogP contribution in [-0.2, 0) is 11.2 Å². The lowest BCUT2D eigenvalue weighted by atomic mass is 10.0. The van der Waals surface area contributed by atoms with Crippen LogP contribution in [0.2, 0.25) is 0 Å². The molecule has 0 spiro atoms. The highest BCUT2D eigenvalue weighted by Gasteiger charge is 2.32. The third-order valence-corrected chi connectivity index (χ3v) is 5.28. The molecule has 1 aliphatic rings. The fraction of sp³-hybridized carbons (Fsp3) is 0.682. The van der Waals surface area contributed by atoms with Crippen molar-refractivity contribution in [3.8, 4) is 0 Å². The van der Waals surface area contributed by atoms with Gasteiger partial charge in [0.15, 0.2) is 0 Å². The lowest BCUT2D eigenvalue weighted by Crippen LogP contribution is -2.35. The summed E-state index contributed by atoms with van der Waals surface area (Å²) in [6, 6.07) is 8.07. The van der Waals surface area contributed by atoms with Gasteiger partial charge in [-0.25, -0.2) is 4.79 Å². The Bertz CT molecular complexity index is 515. The number of hydrogen-bond acceptors (Lipinski definition) is 3. The van der Waals surface area contributed by atoms with Crippen LogP contribution in [-0.4, -0.2) is 30.2 Å². The zero-order valence-corrected chi connectivity index (χ0v) is 16.4. The van der Waals surface area contributed by atoms with Gasteiger partial charge in [-0.05, 0) is 30.5 Å². The average Bonchev–Trinajstić information content (AvgIpc) is 2.98. The third-order valence-electron chi connectivity index (χ3n) is 5.28. The minimum Gasteiger partial charge on any atom is -0.447 e. The summed E-state index contributed by atoms with van der Waals surface area (Å²) in [6.07, 6.45) is 13.8. The van der Waals surface area contributed by atoms with Crippen LogP contribution < -0.4 is 5.73 Å². The van der Waals surface area contributed by atoms with E-state index in [2.05, 4.69) is 6.92 Å². The van der Waals surface area contributed by atoms with Crippen molar-refractivity contribution < 1.29 is 9.53 Å². The number of cyclic esters (lactones) is 1. The van der Waals surface area contributed by atoms with Crippen LogP contribution in [0.4, 0.5) is 10.5 Å². The number of carbonyl (C=O) groups excluding carboxylic acids is 1. The lowest BCUT2D eigenvalue weighted by Gasteiger charge is -2.21. The molecule has 2 rings (SSSR count). The topological polar surface area (TPSA) is 55.6 Å². The van der Waals surface area contributed by atoms with Gasteiger partial charge in [0, 0.05) is 12.2 Å². The van der Waals surface area contributed by atoms with Crippen LogP contribution in [0.1, 0.15) is 76.7 Å². The number of hydrogen-bond donors (Lipinski definition) is 1. The highest BCUT2D eigenvalue weighted by atomic mass is 16.6. The molecule has 0 aliphatic carbocycles. The Morgan fingerprint density at radius 3 is 2.15 bits per heavy atom. The molecule has 1 amide bonds. The SMILES string of the molecule is CCCCCCCCCCCCN1C(=O)OCC1Cc1ccc(N)cc1. The molecule has 0 radical (unpaired) electrons. The molecule has 1 atom stereocenters. The van der Waals surface area contributed by atoms with Crippen molar-refractivity contribution in [3.05, 3.63) is 29.8 Å². The molecule has 4 nitrogen and oxygen atoms in total. The molecule has 1 aromatic rings. The summed E-state index contributed by atoms with van der Waals surface area (Å²) in [5, 5.41) is 0. The van der Waals surface area contributed by atoms with Gasteiger partial charge in [0.05, 0.1) is 6.04 Å². The monoisotopic (exact) mass is 360 g/mol. The Balaban J connectivity index is 1.59. The highest BCUT2D eigenvalue weighted by Crippen LogP contribution is 2.19.